The summed E-state index contributed by atoms with van der Waals surface area (Å²) in [6.07, 6.45) is 20.5. The lowest BCUT2D eigenvalue weighted by Gasteiger charge is -2.32. The molecule has 4 heterocycles. The van der Waals surface area contributed by atoms with Gasteiger partial charge in [0.05, 0.1) is 29.4 Å². The number of rotatable bonds is 5. The van der Waals surface area contributed by atoms with Crippen LogP contribution in [-0.4, -0.2) is 60.1 Å². The van der Waals surface area contributed by atoms with E-state index < -0.39 is 23.3 Å². The molecule has 3 aromatic heterocycles. The molecule has 0 unspecified atom stereocenters. The average Bonchev–Trinajstić information content (AvgIpc) is 3.49. The van der Waals surface area contributed by atoms with Crippen LogP contribution in [0.25, 0.3) is 16.7 Å². The van der Waals surface area contributed by atoms with E-state index in [1.54, 1.807) is 35.3 Å². The lowest BCUT2D eigenvalue weighted by atomic mass is 10.0. The minimum atomic E-state index is -0.799. The van der Waals surface area contributed by atoms with E-state index in [9.17, 15) is 23.2 Å². The molecule has 1 aliphatic carbocycles. The molecule has 0 saturated carbocycles. The summed E-state index contributed by atoms with van der Waals surface area (Å²) < 4.78 is 31.1. The average molecular weight is 804 g/mol. The van der Waals surface area contributed by atoms with Gasteiger partial charge in [0, 0.05) is 37.7 Å². The summed E-state index contributed by atoms with van der Waals surface area (Å²) in [6.45, 7) is 25.3. The van der Waals surface area contributed by atoms with Crippen molar-refractivity contribution in [3.8, 4) is 12.8 Å². The Morgan fingerprint density at radius 2 is 1.47 bits per heavy atom. The van der Waals surface area contributed by atoms with Gasteiger partial charge in [-0.1, -0.05) is 85.1 Å². The van der Waals surface area contributed by atoms with E-state index in [-0.39, 0.29) is 30.1 Å². The first-order chi connectivity index (χ1) is 27.9. The highest BCUT2D eigenvalue weighted by molar-refractivity contribution is 5.89. The number of carbonyl (C=O) groups is 2. The van der Waals surface area contributed by atoms with Gasteiger partial charge < -0.3 is 15.0 Å². The fourth-order valence-electron chi connectivity index (χ4n) is 5.66. The smallest absolute Gasteiger partial charge is 0.408 e. The van der Waals surface area contributed by atoms with Crippen LogP contribution in [-0.2, 0) is 9.53 Å². The molecule has 1 aromatic carbocycles. The molecule has 2 N–H and O–H groups in total. The summed E-state index contributed by atoms with van der Waals surface area (Å²) in [6, 6.07) is 8.39. The number of benzene rings is 1. The maximum atomic E-state index is 13.3. The van der Waals surface area contributed by atoms with Crippen LogP contribution in [0.4, 0.5) is 13.6 Å². The predicted octanol–water partition coefficient (Wildman–Crippen LogP) is 10.2. The Morgan fingerprint density at radius 3 is 2.00 bits per heavy atom. The van der Waals surface area contributed by atoms with Gasteiger partial charge in [-0.15, -0.1) is 12.8 Å². The molecule has 316 valence electrons. The van der Waals surface area contributed by atoms with Crippen molar-refractivity contribution in [2.24, 2.45) is 0 Å². The molecule has 0 bridgehead atoms. The van der Waals surface area contributed by atoms with Crippen molar-refractivity contribution in [3.63, 3.8) is 0 Å². The number of allylic oxidation sites excluding steroid dienone is 3. The van der Waals surface area contributed by atoms with E-state index in [0.29, 0.717) is 55.8 Å². The number of aromatic amines is 1. The number of alkyl carbamates (subject to hydrolysis) is 1. The number of nitrogens with one attached hydrogen (secondary N) is 2. The van der Waals surface area contributed by atoms with Gasteiger partial charge in [0.2, 0.25) is 5.91 Å². The van der Waals surface area contributed by atoms with Crippen molar-refractivity contribution in [3.05, 3.63) is 120 Å². The maximum Gasteiger partial charge on any atom is 0.408 e. The number of piperidine rings is 1. The summed E-state index contributed by atoms with van der Waals surface area (Å²) in [5.41, 5.74) is 2.67. The maximum absolute atomic E-state index is 13.3. The van der Waals surface area contributed by atoms with E-state index in [1.165, 1.54) is 12.1 Å². The molecule has 4 aromatic rings. The highest BCUT2D eigenvalue weighted by atomic mass is 19.2. The van der Waals surface area contributed by atoms with E-state index in [2.05, 4.69) is 51.3 Å². The molecule has 58 heavy (non-hydrogen) atoms. The number of hydrogen-bond acceptors (Lipinski definition) is 7. The van der Waals surface area contributed by atoms with Crippen LogP contribution >= 0.6 is 0 Å². The zero-order valence-corrected chi connectivity index (χ0v) is 35.7. The summed E-state index contributed by atoms with van der Waals surface area (Å²) in [5.74, 6) is -1.59. The second-order valence-corrected chi connectivity index (χ2v) is 12.6. The van der Waals surface area contributed by atoms with Crippen molar-refractivity contribution in [2.75, 3.05) is 13.1 Å². The van der Waals surface area contributed by atoms with Crippen LogP contribution in [0, 0.1) is 24.5 Å². The third-order valence-electron chi connectivity index (χ3n) is 7.90. The number of carbonyl (C=O) groups excluding carboxylic acids is 2. The summed E-state index contributed by atoms with van der Waals surface area (Å²) in [5, 5.41) is 2.92. The first-order valence-electron chi connectivity index (χ1n) is 19.7. The Bertz CT molecular complexity index is 1910. The number of aromatic nitrogens is 5. The highest BCUT2D eigenvalue weighted by Gasteiger charge is 2.30. The lowest BCUT2D eigenvalue weighted by molar-refractivity contribution is -0.131. The molecule has 2 amide bonds. The molecule has 1 aliphatic heterocycles. The van der Waals surface area contributed by atoms with Crippen LogP contribution in [0.5, 0.6) is 0 Å². The molecule has 1 atom stereocenters. The summed E-state index contributed by atoms with van der Waals surface area (Å²) >= 11 is 0. The normalized spacial score (nSPS) is 14.1. The van der Waals surface area contributed by atoms with Crippen LogP contribution in [0.15, 0.2) is 91.2 Å². The Kier molecular flexibility index (Phi) is 25.6. The zero-order chi connectivity index (χ0) is 44.3. The Balaban J connectivity index is 0.00000136. The number of imidazole rings is 1. The standard InChI is InChI=1S/C27H33N7O4.C6H4F2.C4H6.3C2H6.C2H2/c1-27(2,3)38-26(37)31-19-7-4-6-17(22-23(19)29-13-12-28-22)16-21(35)33-14-9-18(10-15-33)34-20-8-5-11-30-24(20)32-25(34)36;7-5-3-1-2-4-6(5)8;1-3-4-2;4*1-2/h5-6,8,11-13,18-19H,4,7,9-10,14-16H2,1-3H3,(H,31,37)(H,30,32,36);1-4H;3-4H,1-2H2;3*1-2H3;1-2H/t19-;;;;;;/m0....../s1. The monoisotopic (exact) mass is 803 g/mol. The number of halogens is 2. The third kappa shape index (κ3) is 16.7. The van der Waals surface area contributed by atoms with E-state index in [4.69, 9.17) is 4.74 Å². The predicted molar refractivity (Wildman–Crippen MR) is 232 cm³/mol. The third-order valence-corrected chi connectivity index (χ3v) is 7.90. The van der Waals surface area contributed by atoms with Crippen LogP contribution < -0.4 is 11.0 Å². The second kappa shape index (κ2) is 28.5. The molecule has 13 heteroatoms. The molecule has 11 nitrogen and oxygen atoms in total. The van der Waals surface area contributed by atoms with Crippen LogP contribution in [0.1, 0.15) is 118 Å². The molecule has 0 radical (unpaired) electrons. The number of ether oxygens (including phenoxy) is 1. The van der Waals surface area contributed by atoms with Gasteiger partial charge in [-0.05, 0) is 76.3 Å². The Morgan fingerprint density at radius 1 is 0.897 bits per heavy atom. The largest absolute Gasteiger partial charge is 0.444 e. The van der Waals surface area contributed by atoms with Gasteiger partial charge in [-0.2, -0.15) is 0 Å². The Labute approximate surface area is 343 Å². The first kappa shape index (κ1) is 52.1. The van der Waals surface area contributed by atoms with Crippen LogP contribution in [0.2, 0.25) is 0 Å². The Hall–Kier alpha value is -5.90. The zero-order valence-electron chi connectivity index (χ0n) is 35.7. The van der Waals surface area contributed by atoms with Gasteiger partial charge in [0.25, 0.3) is 0 Å². The number of fused-ring (bicyclic) bond motifs is 2. The summed E-state index contributed by atoms with van der Waals surface area (Å²) in [7, 11) is 0. The minimum Gasteiger partial charge on any atom is -0.444 e. The number of pyridine rings is 1. The van der Waals surface area contributed by atoms with Gasteiger partial charge in [-0.25, -0.2) is 23.4 Å². The van der Waals surface area contributed by atoms with Gasteiger partial charge in [0.1, 0.15) is 5.60 Å². The minimum absolute atomic E-state index is 0.00729. The number of likely N-dealkylation sites (tertiary alicyclic amines) is 1. The molecular weight excluding hydrogens is 741 g/mol. The number of hydrogen-bond donors (Lipinski definition) is 2. The molecule has 0 spiro atoms. The molecule has 1 fully saturated rings. The number of amides is 2. The fourth-order valence-corrected chi connectivity index (χ4v) is 5.66. The SMILES string of the molecule is C#C.C=CC=C.CC.CC.CC.CC(C)(C)OC(=O)N[C@H]1CCC=C(CC(=O)N2CCC(n3c(=O)[nH]c4ncccc43)CC2)c2nccnc21.Fc1ccccc1F. The number of H-pyrrole nitrogens is 1. The lowest BCUT2D eigenvalue weighted by Crippen LogP contribution is -2.40. The van der Waals surface area contributed by atoms with Crippen molar-refractivity contribution in [1.82, 2.24) is 34.7 Å². The molecular formula is C45H63F2N7O4. The van der Waals surface area contributed by atoms with Crippen molar-refractivity contribution in [2.45, 2.75) is 112 Å². The van der Waals surface area contributed by atoms with E-state index >= 15 is 0 Å². The topological polar surface area (TPSA) is 135 Å². The van der Waals surface area contributed by atoms with Gasteiger partial charge >= 0.3 is 11.8 Å². The molecule has 2 aliphatic rings. The van der Waals surface area contributed by atoms with E-state index in [0.717, 1.165) is 23.2 Å². The first-order valence-corrected chi connectivity index (χ1v) is 19.7. The fraction of sp³-hybridized carbons (Fsp3) is 0.422. The summed E-state index contributed by atoms with van der Waals surface area (Å²) in [4.78, 5) is 56.3. The molecule has 1 saturated heterocycles. The van der Waals surface area contributed by atoms with Gasteiger partial charge in [-0.3, -0.25) is 24.3 Å². The number of terminal acetylenes is 1. The van der Waals surface area contributed by atoms with Crippen LogP contribution in [0.3, 0.4) is 0 Å². The molecule has 6 rings (SSSR count). The van der Waals surface area contributed by atoms with Crippen molar-refractivity contribution < 1.29 is 23.1 Å². The van der Waals surface area contributed by atoms with E-state index in [1.807, 2.05) is 85.4 Å². The second-order valence-electron chi connectivity index (χ2n) is 12.6. The van der Waals surface area contributed by atoms with Gasteiger partial charge in [0.15, 0.2) is 17.3 Å². The van der Waals surface area contributed by atoms with Crippen molar-refractivity contribution in [1.29, 1.82) is 0 Å². The highest BCUT2D eigenvalue weighted by Crippen LogP contribution is 2.32. The van der Waals surface area contributed by atoms with Crippen molar-refractivity contribution >= 4 is 28.7 Å². The number of nitrogens with zero attached hydrogens (tertiary/aromatic N) is 5. The quantitative estimate of drug-likeness (QED) is 0.151.